The van der Waals surface area contributed by atoms with E-state index < -0.39 is 10.2 Å². The van der Waals surface area contributed by atoms with E-state index >= 15 is 0 Å². The zero-order valence-electron chi connectivity index (χ0n) is 11.2. The van der Waals surface area contributed by atoms with Crippen LogP contribution in [0.1, 0.15) is 0 Å². The first-order valence-corrected chi connectivity index (χ1v) is 7.94. The molecule has 0 spiro atoms. The zero-order valence-corrected chi connectivity index (χ0v) is 12.0. The van der Waals surface area contributed by atoms with Crippen molar-refractivity contribution < 1.29 is 17.6 Å². The molecule has 2 heterocycles. The molecule has 1 fully saturated rings. The molecule has 7 nitrogen and oxygen atoms in total. The van der Waals surface area contributed by atoms with E-state index in [4.69, 9.17) is 9.15 Å². The average Bonchev–Trinajstić information content (AvgIpc) is 3.02. The van der Waals surface area contributed by atoms with Crippen molar-refractivity contribution >= 4 is 15.9 Å². The summed E-state index contributed by atoms with van der Waals surface area (Å²) in [6.45, 7) is 1.55. The highest BCUT2D eigenvalue weighted by Crippen LogP contribution is 2.23. The molecule has 2 aromatic rings. The van der Waals surface area contributed by atoms with Crippen LogP contribution in [-0.2, 0) is 14.9 Å². The Morgan fingerprint density at radius 2 is 2.05 bits per heavy atom. The van der Waals surface area contributed by atoms with Crippen LogP contribution >= 0.6 is 0 Å². The van der Waals surface area contributed by atoms with Gasteiger partial charge in [-0.05, 0) is 12.1 Å². The Labute approximate surface area is 122 Å². The summed E-state index contributed by atoms with van der Waals surface area (Å²) in [5, 5.41) is 0. The van der Waals surface area contributed by atoms with Crippen LogP contribution in [-0.4, -0.2) is 44.0 Å². The summed E-state index contributed by atoms with van der Waals surface area (Å²) in [7, 11) is -3.56. The summed E-state index contributed by atoms with van der Waals surface area (Å²) in [6, 6.07) is 6.98. The van der Waals surface area contributed by atoms with Crippen LogP contribution in [0.15, 0.2) is 41.3 Å². The van der Waals surface area contributed by atoms with Crippen LogP contribution in [0.25, 0.3) is 11.3 Å². The van der Waals surface area contributed by atoms with Gasteiger partial charge in [0, 0.05) is 18.7 Å². The normalized spacial score (nSPS) is 16.8. The summed E-state index contributed by atoms with van der Waals surface area (Å²) in [5.41, 5.74) is 1.24. The molecule has 112 valence electrons. The number of hydrogen-bond donors (Lipinski definition) is 1. The number of nitrogens with zero attached hydrogens (tertiary/aromatic N) is 2. The van der Waals surface area contributed by atoms with Gasteiger partial charge in [0.1, 0.15) is 0 Å². The number of ether oxygens (including phenoxy) is 1. The fourth-order valence-electron chi connectivity index (χ4n) is 2.09. The lowest BCUT2D eigenvalue weighted by atomic mass is 10.2. The van der Waals surface area contributed by atoms with Gasteiger partial charge in [-0.25, -0.2) is 4.98 Å². The van der Waals surface area contributed by atoms with Crippen LogP contribution in [0.2, 0.25) is 0 Å². The third-order valence-corrected chi connectivity index (χ3v) is 4.67. The van der Waals surface area contributed by atoms with E-state index in [1.54, 1.807) is 24.4 Å². The van der Waals surface area contributed by atoms with Crippen molar-refractivity contribution in [3.05, 3.63) is 36.9 Å². The third kappa shape index (κ3) is 3.23. The molecule has 1 aromatic heterocycles. The highest BCUT2D eigenvalue weighted by atomic mass is 32.2. The number of oxazole rings is 1. The van der Waals surface area contributed by atoms with Gasteiger partial charge in [0.2, 0.25) is 0 Å². The van der Waals surface area contributed by atoms with Gasteiger partial charge in [-0.1, -0.05) is 12.1 Å². The number of aromatic nitrogens is 1. The van der Waals surface area contributed by atoms with Crippen LogP contribution < -0.4 is 4.72 Å². The second-order valence-electron chi connectivity index (χ2n) is 4.57. The summed E-state index contributed by atoms with van der Waals surface area (Å²) in [4.78, 5) is 3.85. The molecule has 0 atom stereocenters. The van der Waals surface area contributed by atoms with E-state index in [1.165, 1.54) is 10.7 Å². The molecule has 1 aliphatic heterocycles. The van der Waals surface area contributed by atoms with E-state index in [1.807, 2.05) is 6.07 Å². The minimum Gasteiger partial charge on any atom is -0.444 e. The van der Waals surface area contributed by atoms with Gasteiger partial charge < -0.3 is 9.15 Å². The standard InChI is InChI=1S/C13H15N3O4S/c17-21(18,16-4-6-19-7-5-16)15-12-3-1-2-11(8-12)13-9-14-10-20-13/h1-3,8-10,15H,4-7H2. The Morgan fingerprint density at radius 1 is 1.24 bits per heavy atom. The van der Waals surface area contributed by atoms with E-state index in [0.29, 0.717) is 37.8 Å². The minimum absolute atomic E-state index is 0.358. The molecule has 0 unspecified atom stereocenters. The largest absolute Gasteiger partial charge is 0.444 e. The number of morpholine rings is 1. The topological polar surface area (TPSA) is 84.7 Å². The molecule has 0 radical (unpaired) electrons. The van der Waals surface area contributed by atoms with Gasteiger partial charge in [-0.15, -0.1) is 0 Å². The summed E-state index contributed by atoms with van der Waals surface area (Å²) in [5.74, 6) is 0.586. The molecule has 3 rings (SSSR count). The van der Waals surface area contributed by atoms with Crippen molar-refractivity contribution in [3.8, 4) is 11.3 Å². The van der Waals surface area contributed by atoms with Gasteiger partial charge in [0.05, 0.1) is 25.1 Å². The molecule has 1 aliphatic rings. The Bertz CT molecular complexity index is 694. The maximum Gasteiger partial charge on any atom is 0.301 e. The lowest BCUT2D eigenvalue weighted by molar-refractivity contribution is 0.0733. The highest BCUT2D eigenvalue weighted by molar-refractivity contribution is 7.90. The Hall–Kier alpha value is -1.90. The first-order valence-electron chi connectivity index (χ1n) is 6.50. The average molecular weight is 309 g/mol. The van der Waals surface area contributed by atoms with Crippen LogP contribution in [0.3, 0.4) is 0 Å². The molecule has 0 bridgehead atoms. The van der Waals surface area contributed by atoms with Crippen molar-refractivity contribution in [2.24, 2.45) is 0 Å². The molecule has 1 N–H and O–H groups in total. The fourth-order valence-corrected chi connectivity index (χ4v) is 3.28. The molecule has 8 heteroatoms. The van der Waals surface area contributed by atoms with Crippen molar-refractivity contribution in [2.75, 3.05) is 31.0 Å². The molecule has 21 heavy (non-hydrogen) atoms. The van der Waals surface area contributed by atoms with E-state index in [9.17, 15) is 8.42 Å². The van der Waals surface area contributed by atoms with Crippen molar-refractivity contribution in [1.29, 1.82) is 0 Å². The molecule has 1 aromatic carbocycles. The van der Waals surface area contributed by atoms with E-state index in [-0.39, 0.29) is 0 Å². The van der Waals surface area contributed by atoms with Gasteiger partial charge in [0.15, 0.2) is 12.2 Å². The van der Waals surface area contributed by atoms with Crippen molar-refractivity contribution in [1.82, 2.24) is 9.29 Å². The molecule has 0 aliphatic carbocycles. The van der Waals surface area contributed by atoms with Gasteiger partial charge in [-0.2, -0.15) is 12.7 Å². The number of hydrogen-bond acceptors (Lipinski definition) is 5. The Morgan fingerprint density at radius 3 is 2.76 bits per heavy atom. The van der Waals surface area contributed by atoms with Gasteiger partial charge in [0.25, 0.3) is 0 Å². The van der Waals surface area contributed by atoms with Gasteiger partial charge >= 0.3 is 10.2 Å². The third-order valence-electron chi connectivity index (χ3n) is 3.14. The summed E-state index contributed by atoms with van der Waals surface area (Å²) >= 11 is 0. The lowest BCUT2D eigenvalue weighted by Gasteiger charge is -2.26. The minimum atomic E-state index is -3.56. The fraction of sp³-hybridized carbons (Fsp3) is 0.308. The summed E-state index contributed by atoms with van der Waals surface area (Å²) in [6.07, 6.45) is 2.91. The molecule has 0 amide bonds. The Balaban J connectivity index is 1.80. The molecule has 0 saturated carbocycles. The molecular formula is C13H15N3O4S. The van der Waals surface area contributed by atoms with E-state index in [0.717, 1.165) is 5.56 Å². The molecule has 1 saturated heterocycles. The smallest absolute Gasteiger partial charge is 0.301 e. The monoisotopic (exact) mass is 309 g/mol. The van der Waals surface area contributed by atoms with Crippen molar-refractivity contribution in [3.63, 3.8) is 0 Å². The highest BCUT2D eigenvalue weighted by Gasteiger charge is 2.24. The first kappa shape index (κ1) is 14.1. The number of nitrogens with one attached hydrogen (secondary N) is 1. The van der Waals surface area contributed by atoms with Crippen LogP contribution in [0.5, 0.6) is 0 Å². The number of benzene rings is 1. The quantitative estimate of drug-likeness (QED) is 0.921. The SMILES string of the molecule is O=S(=O)(Nc1cccc(-c2cnco2)c1)N1CCOCC1. The lowest BCUT2D eigenvalue weighted by Crippen LogP contribution is -2.43. The van der Waals surface area contributed by atoms with Crippen LogP contribution in [0, 0.1) is 0 Å². The maximum atomic E-state index is 12.3. The number of rotatable bonds is 4. The second kappa shape index (κ2) is 5.84. The maximum absolute atomic E-state index is 12.3. The predicted molar refractivity (Wildman–Crippen MR) is 76.9 cm³/mol. The van der Waals surface area contributed by atoms with E-state index in [2.05, 4.69) is 9.71 Å². The number of anilines is 1. The first-order chi connectivity index (χ1) is 10.1. The Kier molecular flexibility index (Phi) is 3.91. The summed E-state index contributed by atoms with van der Waals surface area (Å²) < 4.78 is 38.9. The predicted octanol–water partition coefficient (Wildman–Crippen LogP) is 1.33. The second-order valence-corrected chi connectivity index (χ2v) is 6.24. The van der Waals surface area contributed by atoms with Gasteiger partial charge in [-0.3, -0.25) is 4.72 Å². The zero-order chi connectivity index (χ0) is 14.7. The van der Waals surface area contributed by atoms with Crippen molar-refractivity contribution in [2.45, 2.75) is 0 Å². The molecular weight excluding hydrogens is 294 g/mol. The van der Waals surface area contributed by atoms with Crippen LogP contribution in [0.4, 0.5) is 5.69 Å².